The highest BCUT2D eigenvalue weighted by Crippen LogP contribution is 2.37. The summed E-state index contributed by atoms with van der Waals surface area (Å²) in [7, 11) is 0. The van der Waals surface area contributed by atoms with Crippen LogP contribution in [0, 0.1) is 6.92 Å². The van der Waals surface area contributed by atoms with Crippen molar-refractivity contribution in [1.29, 1.82) is 0 Å². The summed E-state index contributed by atoms with van der Waals surface area (Å²) in [6.45, 7) is 1.80. The largest absolute Gasteiger partial charge is 0.508 e. The van der Waals surface area contributed by atoms with Gasteiger partial charge in [0.1, 0.15) is 5.75 Å². The topological polar surface area (TPSA) is 20.2 Å². The summed E-state index contributed by atoms with van der Waals surface area (Å²) in [5, 5.41) is 11.2. The number of hydrogen-bond donors (Lipinski definition) is 1. The molecule has 2 aromatic carbocycles. The van der Waals surface area contributed by atoms with Gasteiger partial charge in [0, 0.05) is 21.2 Å². The van der Waals surface area contributed by atoms with E-state index in [1.165, 1.54) is 6.07 Å². The summed E-state index contributed by atoms with van der Waals surface area (Å²) < 4.78 is 0. The molecule has 0 aliphatic heterocycles. The molecule has 0 unspecified atom stereocenters. The average Bonchev–Trinajstić information content (AvgIpc) is 2.27. The van der Waals surface area contributed by atoms with Gasteiger partial charge in [0.05, 0.1) is 5.02 Å². The Balaban J connectivity index is 2.68. The first kappa shape index (κ1) is 12.6. The van der Waals surface area contributed by atoms with Gasteiger partial charge >= 0.3 is 0 Å². The van der Waals surface area contributed by atoms with Crippen molar-refractivity contribution < 1.29 is 5.11 Å². The van der Waals surface area contributed by atoms with E-state index in [1.54, 1.807) is 31.2 Å². The van der Waals surface area contributed by atoms with Crippen LogP contribution in [0.1, 0.15) is 5.56 Å². The molecule has 0 saturated heterocycles. The second-order valence-corrected chi connectivity index (χ2v) is 4.99. The smallest absolute Gasteiger partial charge is 0.120 e. The fraction of sp³-hybridized carbons (Fsp3) is 0.0769. The predicted octanol–water partition coefficient (Wildman–Crippen LogP) is 5.33. The fourth-order valence-corrected chi connectivity index (χ4v) is 2.23. The Hall–Kier alpha value is -0.890. The lowest BCUT2D eigenvalue weighted by Gasteiger charge is -2.10. The van der Waals surface area contributed by atoms with Crippen molar-refractivity contribution >= 4 is 34.8 Å². The molecule has 0 radical (unpaired) electrons. The van der Waals surface area contributed by atoms with Gasteiger partial charge in [0.25, 0.3) is 0 Å². The van der Waals surface area contributed by atoms with Crippen LogP contribution in [0.4, 0.5) is 0 Å². The fourth-order valence-electron chi connectivity index (χ4n) is 1.58. The first-order valence-corrected chi connectivity index (χ1v) is 6.07. The molecule has 1 N–H and O–H groups in total. The normalized spacial score (nSPS) is 10.6. The van der Waals surface area contributed by atoms with Gasteiger partial charge in [-0.05, 0) is 42.8 Å². The van der Waals surface area contributed by atoms with Crippen LogP contribution in [0.15, 0.2) is 30.3 Å². The van der Waals surface area contributed by atoms with E-state index in [1.807, 2.05) is 0 Å². The summed E-state index contributed by atoms with van der Waals surface area (Å²) in [6, 6.07) is 8.48. The molecule has 1 nitrogen and oxygen atoms in total. The Bertz CT molecular complexity index is 579. The third kappa shape index (κ3) is 2.52. The van der Waals surface area contributed by atoms with Gasteiger partial charge in [-0.1, -0.05) is 34.8 Å². The Morgan fingerprint density at radius 2 is 1.53 bits per heavy atom. The zero-order valence-electron chi connectivity index (χ0n) is 8.97. The average molecular weight is 288 g/mol. The quantitative estimate of drug-likeness (QED) is 0.752. The van der Waals surface area contributed by atoms with Crippen molar-refractivity contribution in [3.8, 4) is 16.9 Å². The molecule has 0 amide bonds. The molecule has 0 aliphatic rings. The Kier molecular flexibility index (Phi) is 3.53. The summed E-state index contributed by atoms with van der Waals surface area (Å²) in [4.78, 5) is 0. The van der Waals surface area contributed by atoms with Crippen molar-refractivity contribution in [3.63, 3.8) is 0 Å². The van der Waals surface area contributed by atoms with E-state index >= 15 is 0 Å². The van der Waals surface area contributed by atoms with Gasteiger partial charge in [-0.25, -0.2) is 0 Å². The lowest BCUT2D eigenvalue weighted by Crippen LogP contribution is -1.84. The molecule has 0 aliphatic carbocycles. The van der Waals surface area contributed by atoms with Crippen LogP contribution in [0.25, 0.3) is 11.1 Å². The van der Waals surface area contributed by atoms with Gasteiger partial charge in [-0.15, -0.1) is 0 Å². The van der Waals surface area contributed by atoms with Gasteiger partial charge in [0.2, 0.25) is 0 Å². The van der Waals surface area contributed by atoms with Crippen LogP contribution in [0.3, 0.4) is 0 Å². The SMILES string of the molecule is Cc1cc(-c2cc(Cl)ccc2Cl)c(Cl)cc1O. The van der Waals surface area contributed by atoms with Crippen molar-refractivity contribution in [1.82, 2.24) is 0 Å². The zero-order chi connectivity index (χ0) is 12.6. The summed E-state index contributed by atoms with van der Waals surface area (Å²) >= 11 is 18.2. The van der Waals surface area contributed by atoms with E-state index < -0.39 is 0 Å². The third-order valence-electron chi connectivity index (χ3n) is 2.50. The lowest BCUT2D eigenvalue weighted by molar-refractivity contribution is 0.471. The zero-order valence-corrected chi connectivity index (χ0v) is 11.2. The van der Waals surface area contributed by atoms with Crippen molar-refractivity contribution in [2.45, 2.75) is 6.92 Å². The minimum atomic E-state index is 0.164. The van der Waals surface area contributed by atoms with E-state index in [9.17, 15) is 5.11 Å². The number of aryl methyl sites for hydroxylation is 1. The Morgan fingerprint density at radius 1 is 0.882 bits per heavy atom. The highest BCUT2D eigenvalue weighted by Gasteiger charge is 2.11. The Morgan fingerprint density at radius 3 is 2.24 bits per heavy atom. The highest BCUT2D eigenvalue weighted by molar-refractivity contribution is 6.37. The van der Waals surface area contributed by atoms with E-state index in [0.29, 0.717) is 15.1 Å². The molecule has 2 rings (SSSR count). The number of rotatable bonds is 1. The number of phenols is 1. The van der Waals surface area contributed by atoms with Crippen molar-refractivity contribution in [2.24, 2.45) is 0 Å². The standard InChI is InChI=1S/C13H9Cl3O/c1-7-4-9(12(16)6-13(7)17)10-5-8(14)2-3-11(10)15/h2-6,17H,1H3. The second kappa shape index (κ2) is 4.77. The molecule has 88 valence electrons. The van der Waals surface area contributed by atoms with Gasteiger partial charge in [-0.3, -0.25) is 0 Å². The van der Waals surface area contributed by atoms with Crippen LogP contribution in [0.5, 0.6) is 5.75 Å². The van der Waals surface area contributed by atoms with E-state index in [-0.39, 0.29) is 5.75 Å². The highest BCUT2D eigenvalue weighted by atomic mass is 35.5. The lowest BCUT2D eigenvalue weighted by atomic mass is 10.0. The number of aromatic hydroxyl groups is 1. The minimum absolute atomic E-state index is 0.164. The van der Waals surface area contributed by atoms with E-state index in [2.05, 4.69) is 0 Å². The number of phenolic OH excluding ortho intramolecular Hbond substituents is 1. The molecule has 2 aromatic rings. The summed E-state index contributed by atoms with van der Waals surface area (Å²) in [5.41, 5.74) is 2.25. The maximum atomic E-state index is 9.55. The second-order valence-electron chi connectivity index (χ2n) is 3.74. The maximum Gasteiger partial charge on any atom is 0.120 e. The molecule has 0 bridgehead atoms. The van der Waals surface area contributed by atoms with E-state index in [4.69, 9.17) is 34.8 Å². The molecule has 0 spiro atoms. The minimum Gasteiger partial charge on any atom is -0.508 e. The number of benzene rings is 2. The molecule has 4 heteroatoms. The molecule has 0 aromatic heterocycles. The maximum absolute atomic E-state index is 9.55. The van der Waals surface area contributed by atoms with Gasteiger partial charge in [0.15, 0.2) is 0 Å². The van der Waals surface area contributed by atoms with Gasteiger partial charge < -0.3 is 5.11 Å². The molecule has 0 fully saturated rings. The van der Waals surface area contributed by atoms with Crippen molar-refractivity contribution in [2.75, 3.05) is 0 Å². The van der Waals surface area contributed by atoms with E-state index in [0.717, 1.165) is 16.7 Å². The van der Waals surface area contributed by atoms with Crippen LogP contribution >= 0.6 is 34.8 Å². The van der Waals surface area contributed by atoms with Crippen LogP contribution in [0.2, 0.25) is 15.1 Å². The molecule has 0 saturated carbocycles. The molecular formula is C13H9Cl3O. The van der Waals surface area contributed by atoms with Gasteiger partial charge in [-0.2, -0.15) is 0 Å². The molecule has 0 heterocycles. The monoisotopic (exact) mass is 286 g/mol. The van der Waals surface area contributed by atoms with Crippen LogP contribution in [-0.4, -0.2) is 5.11 Å². The molecular weight excluding hydrogens is 279 g/mol. The first-order valence-electron chi connectivity index (χ1n) is 4.93. The summed E-state index contributed by atoms with van der Waals surface area (Å²) in [5.74, 6) is 0.164. The summed E-state index contributed by atoms with van der Waals surface area (Å²) in [6.07, 6.45) is 0. The number of hydrogen-bond acceptors (Lipinski definition) is 1. The van der Waals surface area contributed by atoms with Crippen LogP contribution in [-0.2, 0) is 0 Å². The Labute approximate surface area is 115 Å². The van der Waals surface area contributed by atoms with Crippen molar-refractivity contribution in [3.05, 3.63) is 51.0 Å². The third-order valence-corrected chi connectivity index (χ3v) is 3.38. The first-order chi connectivity index (χ1) is 7.99. The predicted molar refractivity (Wildman–Crippen MR) is 73.3 cm³/mol. The van der Waals surface area contributed by atoms with Crippen LogP contribution < -0.4 is 0 Å². The molecule has 17 heavy (non-hydrogen) atoms. The molecule has 0 atom stereocenters. The number of halogens is 3.